The molecule has 0 aliphatic rings. The molecule has 1 amide bonds. The van der Waals surface area contributed by atoms with Gasteiger partial charge in [0.2, 0.25) is 11.5 Å². The molecule has 3 aromatic carbocycles. The Labute approximate surface area is 203 Å². The van der Waals surface area contributed by atoms with Crippen LogP contribution < -0.4 is 10.9 Å². The molecule has 0 saturated carbocycles. The molecule has 0 atom stereocenters. The Kier molecular flexibility index (Phi) is 5.47. The van der Waals surface area contributed by atoms with E-state index in [1.165, 1.54) is 4.52 Å². The smallest absolute Gasteiger partial charge is 0.296 e. The molecule has 176 valence electrons. The number of nitrogens with one attached hydrogen (secondary N) is 1. The Bertz CT molecular complexity index is 1650. The molecule has 0 aliphatic carbocycles. The van der Waals surface area contributed by atoms with Gasteiger partial charge in [0, 0.05) is 5.69 Å². The molecule has 35 heavy (non-hydrogen) atoms. The third-order valence-corrected chi connectivity index (χ3v) is 6.27. The third-order valence-electron chi connectivity index (χ3n) is 6.27. The zero-order chi connectivity index (χ0) is 24.9. The van der Waals surface area contributed by atoms with E-state index >= 15 is 0 Å². The average Bonchev–Trinajstić information content (AvgIpc) is 3.26. The number of carbonyl (C=O) groups excluding carboxylic acids is 1. The van der Waals surface area contributed by atoms with Gasteiger partial charge in [-0.15, -0.1) is 5.10 Å². The van der Waals surface area contributed by atoms with E-state index in [1.54, 1.807) is 4.57 Å². The van der Waals surface area contributed by atoms with Crippen LogP contribution in [0.2, 0.25) is 0 Å². The van der Waals surface area contributed by atoms with Gasteiger partial charge in [0.05, 0.1) is 17.6 Å². The molecule has 0 saturated heterocycles. The molecule has 0 radical (unpaired) electrons. The molecule has 0 bridgehead atoms. The zero-order valence-electron chi connectivity index (χ0n) is 20.5. The van der Waals surface area contributed by atoms with Crippen LogP contribution in [-0.2, 0) is 6.54 Å². The van der Waals surface area contributed by atoms with Crippen LogP contribution in [0.15, 0.2) is 59.4 Å². The molecule has 2 aromatic heterocycles. The summed E-state index contributed by atoms with van der Waals surface area (Å²) < 4.78 is 3.18. The molecule has 0 spiro atoms. The lowest BCUT2D eigenvalue weighted by Gasteiger charge is -2.12. The maximum Gasteiger partial charge on any atom is 0.296 e. The topological polar surface area (TPSA) is 81.3 Å². The number of benzene rings is 3. The molecule has 5 rings (SSSR count). The van der Waals surface area contributed by atoms with Gasteiger partial charge in [-0.3, -0.25) is 14.2 Å². The number of hydrogen-bond acceptors (Lipinski definition) is 4. The number of rotatable bonds is 4. The van der Waals surface area contributed by atoms with Gasteiger partial charge in [-0.25, -0.2) is 4.52 Å². The van der Waals surface area contributed by atoms with E-state index in [4.69, 9.17) is 0 Å². The summed E-state index contributed by atoms with van der Waals surface area (Å²) in [6.45, 7) is 10.3. The molecule has 7 heteroatoms. The second-order valence-corrected chi connectivity index (χ2v) is 9.27. The van der Waals surface area contributed by atoms with Crippen LogP contribution in [-0.4, -0.2) is 25.1 Å². The first-order valence-corrected chi connectivity index (χ1v) is 11.6. The van der Waals surface area contributed by atoms with Gasteiger partial charge in [0.15, 0.2) is 0 Å². The summed E-state index contributed by atoms with van der Waals surface area (Å²) in [6, 6.07) is 18.0. The van der Waals surface area contributed by atoms with Crippen LogP contribution >= 0.6 is 0 Å². The quantitative estimate of drug-likeness (QED) is 0.410. The van der Waals surface area contributed by atoms with E-state index in [2.05, 4.69) is 15.4 Å². The van der Waals surface area contributed by atoms with Crippen LogP contribution in [0.5, 0.6) is 0 Å². The van der Waals surface area contributed by atoms with Gasteiger partial charge >= 0.3 is 0 Å². The lowest BCUT2D eigenvalue weighted by Crippen LogP contribution is -2.24. The second kappa shape index (κ2) is 8.51. The molecule has 5 aromatic rings. The Morgan fingerprint density at radius 2 is 1.49 bits per heavy atom. The van der Waals surface area contributed by atoms with E-state index in [-0.39, 0.29) is 17.0 Å². The second-order valence-electron chi connectivity index (χ2n) is 9.27. The Morgan fingerprint density at radius 1 is 0.829 bits per heavy atom. The van der Waals surface area contributed by atoms with Crippen LogP contribution in [0, 0.1) is 34.6 Å². The standard InChI is InChI=1S/C28H27N5O2/c1-16-6-9-21(10-7-16)15-32-23-14-17(2)8-11-22(23)33-26(28(32)35)30-25(31-33)27(34)29-24-19(4)12-18(3)13-20(24)5/h6-14H,15H2,1-5H3,(H,29,34). The minimum absolute atomic E-state index is 0.0450. The SMILES string of the molecule is Cc1ccc(Cn2c(=O)c3nc(C(=O)Nc4c(C)cc(C)cc4C)nn3c3ccc(C)cc32)cc1. The normalized spacial score (nSPS) is 11.3. The van der Waals surface area contributed by atoms with Gasteiger partial charge < -0.3 is 5.32 Å². The predicted octanol–water partition coefficient (Wildman–Crippen LogP) is 4.89. The van der Waals surface area contributed by atoms with Crippen molar-refractivity contribution in [3.8, 4) is 0 Å². The zero-order valence-corrected chi connectivity index (χ0v) is 20.5. The summed E-state index contributed by atoms with van der Waals surface area (Å²) >= 11 is 0. The van der Waals surface area contributed by atoms with E-state index < -0.39 is 5.91 Å². The summed E-state index contributed by atoms with van der Waals surface area (Å²) in [5, 5.41) is 7.38. The summed E-state index contributed by atoms with van der Waals surface area (Å²) in [5.41, 5.74) is 8.25. The van der Waals surface area contributed by atoms with E-state index in [9.17, 15) is 9.59 Å². The highest BCUT2D eigenvalue weighted by molar-refractivity contribution is 6.03. The molecule has 7 nitrogen and oxygen atoms in total. The average molecular weight is 466 g/mol. The number of nitrogens with zero attached hydrogens (tertiary/aromatic N) is 4. The lowest BCUT2D eigenvalue weighted by molar-refractivity contribution is 0.101. The number of amides is 1. The third kappa shape index (κ3) is 4.10. The highest BCUT2D eigenvalue weighted by atomic mass is 16.2. The van der Waals surface area contributed by atoms with E-state index in [0.717, 1.165) is 44.6 Å². The first kappa shape index (κ1) is 22.5. The van der Waals surface area contributed by atoms with Crippen molar-refractivity contribution in [1.29, 1.82) is 0 Å². The highest BCUT2D eigenvalue weighted by Gasteiger charge is 2.20. The molecule has 0 aliphatic heterocycles. The van der Waals surface area contributed by atoms with Gasteiger partial charge in [-0.05, 0) is 69.0 Å². The number of aryl methyl sites for hydroxylation is 5. The van der Waals surface area contributed by atoms with Crippen molar-refractivity contribution < 1.29 is 4.79 Å². The largest absolute Gasteiger partial charge is 0.319 e. The van der Waals surface area contributed by atoms with Gasteiger partial charge in [-0.1, -0.05) is 53.6 Å². The van der Waals surface area contributed by atoms with E-state index in [1.807, 2.05) is 89.2 Å². The van der Waals surface area contributed by atoms with Crippen molar-refractivity contribution in [3.05, 3.63) is 104 Å². The Morgan fingerprint density at radius 3 is 2.17 bits per heavy atom. The highest BCUT2D eigenvalue weighted by Crippen LogP contribution is 2.23. The van der Waals surface area contributed by atoms with Crippen molar-refractivity contribution >= 4 is 28.3 Å². The van der Waals surface area contributed by atoms with Crippen LogP contribution in [0.4, 0.5) is 5.69 Å². The fourth-order valence-corrected chi connectivity index (χ4v) is 4.55. The minimum atomic E-state index is -0.450. The molecular weight excluding hydrogens is 438 g/mol. The number of fused-ring (bicyclic) bond motifs is 3. The number of carbonyl (C=O) groups is 1. The van der Waals surface area contributed by atoms with Gasteiger partial charge in [0.25, 0.3) is 11.5 Å². The Hall–Kier alpha value is -4.26. The van der Waals surface area contributed by atoms with Crippen molar-refractivity contribution in [3.63, 3.8) is 0 Å². The molecule has 2 heterocycles. The van der Waals surface area contributed by atoms with Gasteiger partial charge in [0.1, 0.15) is 0 Å². The summed E-state index contributed by atoms with van der Waals surface area (Å²) in [7, 11) is 0. The van der Waals surface area contributed by atoms with Crippen LogP contribution in [0.3, 0.4) is 0 Å². The lowest BCUT2D eigenvalue weighted by atomic mass is 10.1. The summed E-state index contributed by atoms with van der Waals surface area (Å²) in [6.07, 6.45) is 0. The number of aromatic nitrogens is 4. The predicted molar refractivity (Wildman–Crippen MR) is 138 cm³/mol. The summed E-state index contributed by atoms with van der Waals surface area (Å²) in [5.74, 6) is -0.495. The fraction of sp³-hybridized carbons (Fsp3) is 0.214. The van der Waals surface area contributed by atoms with Crippen molar-refractivity contribution in [2.45, 2.75) is 41.2 Å². The maximum atomic E-state index is 13.6. The molecule has 1 N–H and O–H groups in total. The van der Waals surface area contributed by atoms with Crippen LogP contribution in [0.25, 0.3) is 16.7 Å². The van der Waals surface area contributed by atoms with E-state index in [0.29, 0.717) is 12.1 Å². The summed E-state index contributed by atoms with van der Waals surface area (Å²) in [4.78, 5) is 31.1. The van der Waals surface area contributed by atoms with Crippen molar-refractivity contribution in [2.75, 3.05) is 5.32 Å². The molecular formula is C28H27N5O2. The van der Waals surface area contributed by atoms with Crippen molar-refractivity contribution in [2.24, 2.45) is 0 Å². The minimum Gasteiger partial charge on any atom is -0.319 e. The fourth-order valence-electron chi connectivity index (χ4n) is 4.55. The molecule has 0 unspecified atom stereocenters. The first-order chi connectivity index (χ1) is 16.7. The van der Waals surface area contributed by atoms with Crippen LogP contribution in [0.1, 0.15) is 44.0 Å². The van der Waals surface area contributed by atoms with Gasteiger partial charge in [-0.2, -0.15) is 4.98 Å². The number of anilines is 1. The molecule has 0 fully saturated rings. The first-order valence-electron chi connectivity index (χ1n) is 11.6. The number of hydrogen-bond donors (Lipinski definition) is 1. The maximum absolute atomic E-state index is 13.6. The monoisotopic (exact) mass is 465 g/mol. The Balaban J connectivity index is 1.63. The van der Waals surface area contributed by atoms with Crippen molar-refractivity contribution in [1.82, 2.24) is 19.2 Å².